The predicted molar refractivity (Wildman–Crippen MR) is 62.5 cm³/mol. The number of carbonyl (C=O) groups excluding carboxylic acids is 1. The van der Waals surface area contributed by atoms with E-state index in [4.69, 9.17) is 4.42 Å². The molecule has 2 aromatic rings. The van der Waals surface area contributed by atoms with Gasteiger partial charge in [0.25, 0.3) is 0 Å². The molecule has 2 heterocycles. The van der Waals surface area contributed by atoms with E-state index in [1.807, 2.05) is 6.92 Å². The number of esters is 1. The second-order valence-corrected chi connectivity index (χ2v) is 4.30. The molecule has 0 fully saturated rings. The fraction of sp³-hybridized carbons (Fsp3) is 0.273. The summed E-state index contributed by atoms with van der Waals surface area (Å²) < 4.78 is 11.4. The van der Waals surface area contributed by atoms with Crippen molar-refractivity contribution in [3.63, 3.8) is 0 Å². The van der Waals surface area contributed by atoms with Gasteiger partial charge in [0, 0.05) is 11.1 Å². The van der Waals surface area contributed by atoms with Gasteiger partial charge in [-0.25, -0.2) is 4.79 Å². The maximum atomic E-state index is 11.5. The molecule has 2 aromatic heterocycles. The molecule has 0 saturated heterocycles. The van der Waals surface area contributed by atoms with Gasteiger partial charge in [0.05, 0.1) is 19.9 Å². The van der Waals surface area contributed by atoms with Gasteiger partial charge in [0.2, 0.25) is 0 Å². The van der Waals surface area contributed by atoms with Crippen LogP contribution in [0.4, 0.5) is 0 Å². The van der Waals surface area contributed by atoms with Crippen LogP contribution in [0.5, 0.6) is 0 Å². The van der Waals surface area contributed by atoms with Crippen molar-refractivity contribution in [2.24, 2.45) is 0 Å². The molecule has 2 rings (SSSR count). The Morgan fingerprint density at radius 2 is 2.35 bits per heavy atom. The molecule has 0 saturated carbocycles. The van der Waals surface area contributed by atoms with Crippen LogP contribution in [0.3, 0.4) is 0 Å². The number of aryl methyl sites for hydroxylation is 1. The number of methoxy groups -OCH3 is 1. The van der Waals surface area contributed by atoms with Gasteiger partial charge in [-0.3, -0.25) is 9.36 Å². The van der Waals surface area contributed by atoms with Gasteiger partial charge in [0.15, 0.2) is 0 Å². The Bertz CT molecular complexity index is 593. The number of carbonyl (C=O) groups is 1. The lowest BCUT2D eigenvalue weighted by molar-refractivity contribution is 0.0598. The van der Waals surface area contributed by atoms with Gasteiger partial charge < -0.3 is 9.15 Å². The highest BCUT2D eigenvalue weighted by molar-refractivity contribution is 7.07. The number of hydrogen-bond acceptors (Lipinski definition) is 5. The average Bonchev–Trinajstić information content (AvgIpc) is 2.90. The van der Waals surface area contributed by atoms with Crippen molar-refractivity contribution in [3.05, 3.63) is 44.4 Å². The quantitative estimate of drug-likeness (QED) is 0.780. The number of nitrogens with zero attached hydrogens (tertiary/aromatic N) is 1. The molecule has 6 heteroatoms. The van der Waals surface area contributed by atoms with Crippen LogP contribution in [0.25, 0.3) is 0 Å². The Balaban J connectivity index is 2.34. The minimum absolute atomic E-state index is 0.0743. The summed E-state index contributed by atoms with van der Waals surface area (Å²) in [7, 11) is 1.31. The maximum Gasteiger partial charge on any atom is 0.341 e. The summed E-state index contributed by atoms with van der Waals surface area (Å²) in [4.78, 5) is 22.9. The van der Waals surface area contributed by atoms with Crippen LogP contribution in [0.15, 0.2) is 26.9 Å². The van der Waals surface area contributed by atoms with Crippen LogP contribution in [0.1, 0.15) is 21.8 Å². The maximum absolute atomic E-state index is 11.5. The smallest absolute Gasteiger partial charge is 0.341 e. The van der Waals surface area contributed by atoms with Gasteiger partial charge >= 0.3 is 10.8 Å². The monoisotopic (exact) mass is 253 g/mol. The number of rotatable bonds is 3. The van der Waals surface area contributed by atoms with E-state index in [0.717, 1.165) is 17.0 Å². The van der Waals surface area contributed by atoms with Crippen molar-refractivity contribution in [3.8, 4) is 0 Å². The van der Waals surface area contributed by atoms with Gasteiger partial charge in [-0.1, -0.05) is 11.3 Å². The predicted octanol–water partition coefficient (Wildman–Crippen LogP) is 1.65. The number of ether oxygens (including phenoxy) is 1. The Morgan fingerprint density at radius 3 is 2.94 bits per heavy atom. The number of thiazole rings is 1. The Hall–Kier alpha value is -1.82. The summed E-state index contributed by atoms with van der Waals surface area (Å²) in [6.45, 7) is 2.07. The first-order chi connectivity index (χ1) is 8.13. The Morgan fingerprint density at radius 1 is 1.59 bits per heavy atom. The topological polar surface area (TPSA) is 61.4 Å². The first kappa shape index (κ1) is 11.7. The summed E-state index contributed by atoms with van der Waals surface area (Å²) in [5.41, 5.74) is 1.19. The third kappa shape index (κ3) is 2.16. The fourth-order valence-corrected chi connectivity index (χ4v) is 2.23. The highest BCUT2D eigenvalue weighted by Crippen LogP contribution is 2.14. The van der Waals surface area contributed by atoms with E-state index < -0.39 is 5.97 Å². The molecule has 0 radical (unpaired) electrons. The molecule has 0 aromatic carbocycles. The lowest BCUT2D eigenvalue weighted by atomic mass is 10.2. The highest BCUT2D eigenvalue weighted by atomic mass is 32.1. The fourth-order valence-electron chi connectivity index (χ4n) is 1.49. The van der Waals surface area contributed by atoms with E-state index in [0.29, 0.717) is 11.3 Å². The Kier molecular flexibility index (Phi) is 3.14. The average molecular weight is 253 g/mol. The summed E-state index contributed by atoms with van der Waals surface area (Å²) in [5, 5.41) is 1.77. The van der Waals surface area contributed by atoms with E-state index in [2.05, 4.69) is 4.74 Å². The Labute approximate surface area is 101 Å². The molecule has 0 amide bonds. The van der Waals surface area contributed by atoms with Crippen molar-refractivity contribution >= 4 is 17.3 Å². The standard InChI is InChI=1S/C11H11NO4S/c1-7-6-17-11(14)12(7)5-9-8(3-4-16-9)10(13)15-2/h3-4,6H,5H2,1-2H3. The van der Waals surface area contributed by atoms with Crippen molar-refractivity contribution in [2.45, 2.75) is 13.5 Å². The summed E-state index contributed by atoms with van der Waals surface area (Å²) >= 11 is 1.12. The van der Waals surface area contributed by atoms with Gasteiger partial charge in [-0.05, 0) is 13.0 Å². The zero-order valence-electron chi connectivity index (χ0n) is 9.43. The largest absolute Gasteiger partial charge is 0.467 e. The van der Waals surface area contributed by atoms with Crippen molar-refractivity contribution < 1.29 is 13.9 Å². The molecular weight excluding hydrogens is 242 g/mol. The van der Waals surface area contributed by atoms with E-state index in [1.165, 1.54) is 19.4 Å². The van der Waals surface area contributed by atoms with Crippen LogP contribution < -0.4 is 4.87 Å². The van der Waals surface area contributed by atoms with E-state index in [1.54, 1.807) is 9.95 Å². The molecule has 0 aliphatic heterocycles. The molecule has 0 unspecified atom stereocenters. The molecule has 0 aliphatic rings. The van der Waals surface area contributed by atoms with E-state index in [-0.39, 0.29) is 11.4 Å². The molecule has 5 nitrogen and oxygen atoms in total. The molecular formula is C11H11NO4S. The van der Waals surface area contributed by atoms with Crippen LogP contribution in [-0.4, -0.2) is 17.6 Å². The van der Waals surface area contributed by atoms with Crippen LogP contribution in [0, 0.1) is 6.92 Å². The van der Waals surface area contributed by atoms with Gasteiger partial charge in [-0.2, -0.15) is 0 Å². The van der Waals surface area contributed by atoms with E-state index >= 15 is 0 Å². The second-order valence-electron chi connectivity index (χ2n) is 3.48. The van der Waals surface area contributed by atoms with Crippen LogP contribution >= 0.6 is 11.3 Å². The minimum Gasteiger partial charge on any atom is -0.467 e. The van der Waals surface area contributed by atoms with E-state index in [9.17, 15) is 9.59 Å². The molecule has 0 aliphatic carbocycles. The molecule has 0 N–H and O–H groups in total. The molecule has 17 heavy (non-hydrogen) atoms. The lowest BCUT2D eigenvalue weighted by Crippen LogP contribution is -2.16. The van der Waals surface area contributed by atoms with Crippen LogP contribution in [-0.2, 0) is 11.3 Å². The number of aromatic nitrogens is 1. The van der Waals surface area contributed by atoms with Crippen LogP contribution in [0.2, 0.25) is 0 Å². The lowest BCUT2D eigenvalue weighted by Gasteiger charge is -2.03. The highest BCUT2D eigenvalue weighted by Gasteiger charge is 2.16. The molecule has 0 atom stereocenters. The van der Waals surface area contributed by atoms with Crippen molar-refractivity contribution in [1.82, 2.24) is 4.57 Å². The molecule has 0 spiro atoms. The van der Waals surface area contributed by atoms with Gasteiger partial charge in [0.1, 0.15) is 11.3 Å². The SMILES string of the molecule is COC(=O)c1ccoc1Cn1c(C)csc1=O. The normalized spacial score (nSPS) is 10.5. The number of furan rings is 1. The minimum atomic E-state index is -0.463. The van der Waals surface area contributed by atoms with Crippen molar-refractivity contribution in [1.29, 1.82) is 0 Å². The third-order valence-corrected chi connectivity index (χ3v) is 3.31. The summed E-state index contributed by atoms with van der Waals surface area (Å²) in [6.07, 6.45) is 1.41. The van der Waals surface area contributed by atoms with Crippen molar-refractivity contribution in [2.75, 3.05) is 7.11 Å². The molecule has 90 valence electrons. The third-order valence-electron chi connectivity index (χ3n) is 2.43. The summed E-state index contributed by atoms with van der Waals surface area (Å²) in [5.74, 6) is -0.0323. The first-order valence-corrected chi connectivity index (χ1v) is 5.81. The molecule has 0 bridgehead atoms. The first-order valence-electron chi connectivity index (χ1n) is 4.93. The number of hydrogen-bond donors (Lipinski definition) is 0. The van der Waals surface area contributed by atoms with Gasteiger partial charge in [-0.15, -0.1) is 0 Å². The second kappa shape index (κ2) is 4.58. The summed E-state index contributed by atoms with van der Waals surface area (Å²) in [6, 6.07) is 1.54. The zero-order valence-corrected chi connectivity index (χ0v) is 10.2. The zero-order chi connectivity index (χ0) is 12.4.